The van der Waals surface area contributed by atoms with Crippen LogP contribution in [0.15, 0.2) is 108 Å². The summed E-state index contributed by atoms with van der Waals surface area (Å²) in [6, 6.07) is 25.4. The van der Waals surface area contributed by atoms with Crippen LogP contribution in [0.2, 0.25) is 0 Å². The lowest BCUT2D eigenvalue weighted by Crippen LogP contribution is -2.70. The van der Waals surface area contributed by atoms with Gasteiger partial charge in [0.1, 0.15) is 29.7 Å². The maximum atomic E-state index is 15.2. The molecule has 3 aliphatic rings. The van der Waals surface area contributed by atoms with Gasteiger partial charge in [0, 0.05) is 48.9 Å². The summed E-state index contributed by atoms with van der Waals surface area (Å²) in [6.45, 7) is 15.3. The van der Waals surface area contributed by atoms with Crippen LogP contribution in [0.5, 0.6) is 11.5 Å². The molecule has 1 fully saturated rings. The number of amides is 1. The molecule has 10 nitrogen and oxygen atoms in total. The maximum Gasteiger partial charge on any atom is 0.254 e. The third-order valence-electron chi connectivity index (χ3n) is 12.5. The molecule has 7 rings (SSSR count). The summed E-state index contributed by atoms with van der Waals surface area (Å²) in [4.78, 5) is 28.2. The van der Waals surface area contributed by atoms with E-state index in [9.17, 15) is 10.2 Å². The van der Waals surface area contributed by atoms with Crippen molar-refractivity contribution in [1.29, 1.82) is 0 Å². The number of oxime groups is 1. The zero-order valence-corrected chi connectivity index (χ0v) is 37.2. The Morgan fingerprint density at radius 1 is 0.984 bits per heavy atom. The molecule has 62 heavy (non-hydrogen) atoms. The molecule has 0 radical (unpaired) electrons. The summed E-state index contributed by atoms with van der Waals surface area (Å²) in [5, 5.41) is 27.0. The van der Waals surface area contributed by atoms with Crippen molar-refractivity contribution in [3.05, 3.63) is 126 Å². The van der Waals surface area contributed by atoms with Crippen molar-refractivity contribution in [1.82, 2.24) is 9.88 Å². The molecule has 0 unspecified atom stereocenters. The third-order valence-corrected chi connectivity index (χ3v) is 12.5. The Bertz CT molecular complexity index is 2250. The molecule has 1 saturated carbocycles. The summed E-state index contributed by atoms with van der Waals surface area (Å²) in [5.74, 6) is -0.438. The number of aromatic nitrogens is 1. The fourth-order valence-corrected chi connectivity index (χ4v) is 9.90. The van der Waals surface area contributed by atoms with Crippen molar-refractivity contribution < 1.29 is 34.1 Å². The summed E-state index contributed by atoms with van der Waals surface area (Å²) < 4.78 is 21.1. The molecule has 3 aromatic carbocycles. The van der Waals surface area contributed by atoms with E-state index in [-0.39, 0.29) is 43.5 Å². The molecule has 0 bridgehead atoms. The van der Waals surface area contributed by atoms with Gasteiger partial charge in [-0.2, -0.15) is 0 Å². The number of hydrogen-bond acceptors (Lipinski definition) is 9. The first-order chi connectivity index (χ1) is 30.0. The van der Waals surface area contributed by atoms with Crippen molar-refractivity contribution in [2.75, 3.05) is 26.4 Å². The fourth-order valence-electron chi connectivity index (χ4n) is 9.90. The predicted molar refractivity (Wildman–Crippen MR) is 244 cm³/mol. The van der Waals surface area contributed by atoms with Gasteiger partial charge in [0.05, 0.1) is 23.9 Å². The number of unbranched alkanes of at least 4 members (excludes halogenated alkanes) is 2. The minimum absolute atomic E-state index is 0.0939. The second-order valence-electron chi connectivity index (χ2n) is 18.1. The second-order valence-corrected chi connectivity index (χ2v) is 18.1. The lowest BCUT2D eigenvalue weighted by atomic mass is 9.55. The van der Waals surface area contributed by atoms with E-state index in [0.717, 1.165) is 64.7 Å². The number of rotatable bonds is 19. The van der Waals surface area contributed by atoms with Crippen LogP contribution in [0.4, 0.5) is 0 Å². The minimum Gasteiger partial charge on any atom is -0.487 e. The van der Waals surface area contributed by atoms with Crippen LogP contribution in [0.25, 0.3) is 10.8 Å². The number of hydrogen-bond donors (Lipinski definition) is 2. The number of ether oxygens (including phenoxy) is 3. The topological polar surface area (TPSA) is 123 Å². The highest BCUT2D eigenvalue weighted by molar-refractivity contribution is 6.04. The van der Waals surface area contributed by atoms with Crippen LogP contribution < -0.4 is 9.47 Å². The average Bonchev–Trinajstić information content (AvgIpc) is 3.26. The smallest absolute Gasteiger partial charge is 0.254 e. The molecule has 0 spiro atoms. The quantitative estimate of drug-likeness (QED) is 0.0544. The van der Waals surface area contributed by atoms with E-state index in [2.05, 4.69) is 36.7 Å². The average molecular weight is 844 g/mol. The van der Waals surface area contributed by atoms with E-state index in [4.69, 9.17) is 24.2 Å². The van der Waals surface area contributed by atoms with E-state index in [1.54, 1.807) is 6.08 Å². The number of pyridine rings is 1. The van der Waals surface area contributed by atoms with Gasteiger partial charge < -0.3 is 34.2 Å². The van der Waals surface area contributed by atoms with Gasteiger partial charge in [-0.1, -0.05) is 73.5 Å². The molecular formula is C52H65N3O7. The number of aliphatic hydroxyl groups excluding tert-OH is 2. The number of carbonyl (C=O) groups is 1. The van der Waals surface area contributed by atoms with Crippen molar-refractivity contribution in [2.45, 2.75) is 116 Å². The first kappa shape index (κ1) is 45.0. The first-order valence-electron chi connectivity index (χ1n) is 22.6. The third kappa shape index (κ3) is 9.78. The summed E-state index contributed by atoms with van der Waals surface area (Å²) >= 11 is 0. The Balaban J connectivity index is 1.44. The number of nitrogens with zero attached hydrogens (tertiary/aromatic N) is 3. The zero-order chi connectivity index (χ0) is 43.9. The van der Waals surface area contributed by atoms with E-state index in [0.29, 0.717) is 55.9 Å². The van der Waals surface area contributed by atoms with E-state index in [1.807, 2.05) is 99.3 Å². The van der Waals surface area contributed by atoms with Crippen LogP contribution in [0.3, 0.4) is 0 Å². The van der Waals surface area contributed by atoms with E-state index < -0.39 is 23.3 Å². The molecule has 1 aliphatic heterocycles. The fraction of sp³-hybridized carbons (Fsp3) is 0.481. The molecule has 1 amide bonds. The zero-order valence-electron chi connectivity index (χ0n) is 37.2. The monoisotopic (exact) mass is 843 g/mol. The summed E-state index contributed by atoms with van der Waals surface area (Å²) in [5.41, 5.74) is 4.57. The molecule has 2 N–H and O–H groups in total. The predicted octanol–water partition coefficient (Wildman–Crippen LogP) is 10.1. The van der Waals surface area contributed by atoms with Gasteiger partial charge in [0.2, 0.25) is 5.79 Å². The maximum absolute atomic E-state index is 15.2. The van der Waals surface area contributed by atoms with Crippen molar-refractivity contribution in [3.8, 4) is 11.5 Å². The van der Waals surface area contributed by atoms with Gasteiger partial charge in [-0.15, -0.1) is 6.58 Å². The Labute approximate surface area is 367 Å². The first-order valence-corrected chi connectivity index (χ1v) is 22.6. The number of benzene rings is 3. The van der Waals surface area contributed by atoms with Gasteiger partial charge in [-0.05, 0) is 130 Å². The molecule has 2 aliphatic carbocycles. The lowest BCUT2D eigenvalue weighted by Gasteiger charge is -2.60. The van der Waals surface area contributed by atoms with E-state index in [1.165, 1.54) is 0 Å². The van der Waals surface area contributed by atoms with Gasteiger partial charge in [-0.25, -0.2) is 0 Å². The van der Waals surface area contributed by atoms with Crippen LogP contribution in [-0.2, 0) is 16.2 Å². The van der Waals surface area contributed by atoms with Crippen LogP contribution in [-0.4, -0.2) is 75.5 Å². The highest BCUT2D eigenvalue weighted by Gasteiger charge is 2.65. The minimum atomic E-state index is -1.35. The second kappa shape index (κ2) is 20.0. The summed E-state index contributed by atoms with van der Waals surface area (Å²) in [7, 11) is 0. The normalized spacial score (nSPS) is 23.5. The Hall–Kier alpha value is -5.03. The molecule has 2 heterocycles. The van der Waals surface area contributed by atoms with Gasteiger partial charge in [0.15, 0.2) is 0 Å². The van der Waals surface area contributed by atoms with Crippen LogP contribution in [0.1, 0.15) is 112 Å². The lowest BCUT2D eigenvalue weighted by molar-refractivity contribution is -0.254. The molecule has 4 aromatic rings. The van der Waals surface area contributed by atoms with Crippen molar-refractivity contribution in [2.24, 2.45) is 22.9 Å². The van der Waals surface area contributed by atoms with Crippen molar-refractivity contribution >= 4 is 22.4 Å². The number of allylic oxidation sites excluding steroid dienone is 1. The standard InChI is InChI=1S/C52H65N3O7/c1-7-26-55(50(58)39-23-22-36-17-9-10-18-37(36)30-39)47-33-45(54-62-51(4,5)6)43-31-38(19-11-13-27-56)42(21-12-14-28-57)48-44-32-41(59-34-40-20-15-16-35(3)53-40)24-25-46(44)61-52(47,49(43)48)60-29-8-2/h8-10,15-18,20,22-25,30-32,38,42,47-49,56-57H,2,7,11-14,19,21,26-29,33-34H2,1,3-6H3/t38-,42+,47-,48+,49+,52+/m0/s1. The molecule has 10 heteroatoms. The van der Waals surface area contributed by atoms with Crippen LogP contribution >= 0.6 is 0 Å². The van der Waals surface area contributed by atoms with E-state index >= 15 is 4.79 Å². The summed E-state index contributed by atoms with van der Waals surface area (Å²) in [6.07, 6.45) is 9.94. The number of carbonyl (C=O) groups excluding carboxylic acids is 1. The van der Waals surface area contributed by atoms with Gasteiger partial charge in [-0.3, -0.25) is 9.78 Å². The largest absolute Gasteiger partial charge is 0.487 e. The van der Waals surface area contributed by atoms with Crippen molar-refractivity contribution in [3.63, 3.8) is 0 Å². The molecule has 330 valence electrons. The molecular weight excluding hydrogens is 779 g/mol. The Kier molecular flexibility index (Phi) is 14.5. The SMILES string of the molecule is C=CCO[C@@]12Oc3ccc(OCc4cccc(C)n4)cc3[C@H]3[C@H](CCCCO)[C@@H](CCCCO)C=C(C(=NOC(C)(C)C)C[C@@H]1N(CCC)C(=O)c1ccc4ccccc4c1)[C@H]32. The number of fused-ring (bicyclic) bond motifs is 3. The Morgan fingerprint density at radius 3 is 2.48 bits per heavy atom. The number of aliphatic hydroxyl groups is 2. The molecule has 6 atom stereocenters. The molecule has 0 saturated heterocycles. The Morgan fingerprint density at radius 2 is 1.76 bits per heavy atom. The van der Waals surface area contributed by atoms with Gasteiger partial charge >= 0.3 is 0 Å². The van der Waals surface area contributed by atoms with Gasteiger partial charge in [0.25, 0.3) is 5.91 Å². The highest BCUT2D eigenvalue weighted by atomic mass is 16.7. The highest BCUT2D eigenvalue weighted by Crippen LogP contribution is 2.62. The molecule has 1 aromatic heterocycles. The van der Waals surface area contributed by atoms with Crippen LogP contribution in [0, 0.1) is 24.7 Å². The number of aryl methyl sites for hydroxylation is 1.